The van der Waals surface area contributed by atoms with Gasteiger partial charge in [-0.15, -0.1) is 0 Å². The highest BCUT2D eigenvalue weighted by Gasteiger charge is 2.21. The molecule has 2 atom stereocenters. The Bertz CT molecular complexity index is 294. The molecule has 0 aliphatic heterocycles. The van der Waals surface area contributed by atoms with E-state index in [2.05, 4.69) is 30.5 Å². The average Bonchev–Trinajstić information content (AvgIpc) is 2.71. The second-order valence-electron chi connectivity index (χ2n) is 4.06. The molecule has 0 bridgehead atoms. The summed E-state index contributed by atoms with van der Waals surface area (Å²) in [5, 5.41) is 7.74. The fraction of sp³-hybridized carbons (Fsp3) is 0.750. The van der Waals surface area contributed by atoms with E-state index in [0.29, 0.717) is 0 Å². The smallest absolute Gasteiger partial charge is 0.0764 e. The van der Waals surface area contributed by atoms with E-state index >= 15 is 0 Å². The molecular weight excluding hydrogens is 202 g/mol. The van der Waals surface area contributed by atoms with Crippen LogP contribution in [0.3, 0.4) is 0 Å². The number of methoxy groups -OCH3 is 1. The van der Waals surface area contributed by atoms with Gasteiger partial charge in [-0.1, -0.05) is 13.8 Å². The van der Waals surface area contributed by atoms with Gasteiger partial charge in [0.1, 0.15) is 0 Å². The predicted octanol–water partition coefficient (Wildman–Crippen LogP) is 1.89. The molecule has 1 heterocycles. The van der Waals surface area contributed by atoms with E-state index in [-0.39, 0.29) is 12.1 Å². The zero-order chi connectivity index (χ0) is 12.0. The predicted molar refractivity (Wildman–Crippen MR) is 65.3 cm³/mol. The number of nitrogens with zero attached hydrogens (tertiary/aromatic N) is 2. The first-order valence-electron chi connectivity index (χ1n) is 5.97. The number of rotatable bonds is 7. The first-order chi connectivity index (χ1) is 7.72. The standard InChI is InChI=1S/C12H23N3O/c1-5-7-13-12(11(6-2)16-4)10-8-14-15(3)9-10/h8-9,11-13H,5-7H2,1-4H3. The Morgan fingerprint density at radius 1 is 1.50 bits per heavy atom. The molecule has 1 N–H and O–H groups in total. The zero-order valence-electron chi connectivity index (χ0n) is 10.7. The molecule has 1 rings (SSSR count). The molecule has 16 heavy (non-hydrogen) atoms. The van der Waals surface area contributed by atoms with Gasteiger partial charge in [0.15, 0.2) is 0 Å². The van der Waals surface area contributed by atoms with Crippen molar-refractivity contribution in [2.45, 2.75) is 38.8 Å². The number of aryl methyl sites for hydroxylation is 1. The number of hydrogen-bond donors (Lipinski definition) is 1. The molecule has 0 aromatic carbocycles. The van der Waals surface area contributed by atoms with Crippen LogP contribution >= 0.6 is 0 Å². The fourth-order valence-corrected chi connectivity index (χ4v) is 1.90. The van der Waals surface area contributed by atoms with Crippen LogP contribution in [0.1, 0.15) is 38.3 Å². The summed E-state index contributed by atoms with van der Waals surface area (Å²) in [6, 6.07) is 0.239. The van der Waals surface area contributed by atoms with Crippen LogP contribution in [0.25, 0.3) is 0 Å². The summed E-state index contributed by atoms with van der Waals surface area (Å²) in [6.07, 6.45) is 6.28. The Morgan fingerprint density at radius 3 is 2.69 bits per heavy atom. The lowest BCUT2D eigenvalue weighted by Gasteiger charge is -2.25. The second kappa shape index (κ2) is 6.66. The molecule has 1 aromatic rings. The van der Waals surface area contributed by atoms with Crippen LogP contribution in [-0.4, -0.2) is 29.5 Å². The maximum atomic E-state index is 5.52. The summed E-state index contributed by atoms with van der Waals surface area (Å²) in [7, 11) is 3.71. The third-order valence-electron chi connectivity index (χ3n) is 2.78. The van der Waals surface area contributed by atoms with Crippen LogP contribution in [0.2, 0.25) is 0 Å². The maximum Gasteiger partial charge on any atom is 0.0764 e. The van der Waals surface area contributed by atoms with E-state index in [9.17, 15) is 0 Å². The lowest BCUT2D eigenvalue weighted by Crippen LogP contribution is -2.33. The number of aromatic nitrogens is 2. The second-order valence-corrected chi connectivity index (χ2v) is 4.06. The molecule has 0 saturated carbocycles. The molecule has 0 aliphatic carbocycles. The van der Waals surface area contributed by atoms with E-state index in [4.69, 9.17) is 4.74 Å². The van der Waals surface area contributed by atoms with E-state index in [1.165, 1.54) is 5.56 Å². The van der Waals surface area contributed by atoms with E-state index < -0.39 is 0 Å². The fourth-order valence-electron chi connectivity index (χ4n) is 1.90. The Balaban J connectivity index is 2.77. The monoisotopic (exact) mass is 225 g/mol. The van der Waals surface area contributed by atoms with E-state index in [1.54, 1.807) is 7.11 Å². The topological polar surface area (TPSA) is 39.1 Å². The average molecular weight is 225 g/mol. The third-order valence-corrected chi connectivity index (χ3v) is 2.78. The van der Waals surface area contributed by atoms with Gasteiger partial charge in [0.2, 0.25) is 0 Å². The van der Waals surface area contributed by atoms with Crippen molar-refractivity contribution < 1.29 is 4.74 Å². The van der Waals surface area contributed by atoms with E-state index in [0.717, 1.165) is 19.4 Å². The van der Waals surface area contributed by atoms with Gasteiger partial charge >= 0.3 is 0 Å². The van der Waals surface area contributed by atoms with Crippen molar-refractivity contribution in [1.82, 2.24) is 15.1 Å². The maximum absolute atomic E-state index is 5.52. The van der Waals surface area contributed by atoms with Crippen LogP contribution in [0.15, 0.2) is 12.4 Å². The van der Waals surface area contributed by atoms with Gasteiger partial charge in [0.05, 0.1) is 18.3 Å². The molecule has 1 aromatic heterocycles. The van der Waals surface area contributed by atoms with E-state index in [1.807, 2.05) is 17.9 Å². The highest BCUT2D eigenvalue weighted by molar-refractivity contribution is 5.12. The van der Waals surface area contributed by atoms with Crippen LogP contribution in [0.4, 0.5) is 0 Å². The summed E-state index contributed by atoms with van der Waals surface area (Å²) in [4.78, 5) is 0. The lowest BCUT2D eigenvalue weighted by molar-refractivity contribution is 0.0650. The summed E-state index contributed by atoms with van der Waals surface area (Å²) >= 11 is 0. The van der Waals surface area contributed by atoms with Crippen LogP contribution in [0, 0.1) is 0 Å². The first-order valence-corrected chi connectivity index (χ1v) is 5.97. The van der Waals surface area contributed by atoms with Gasteiger partial charge in [0.25, 0.3) is 0 Å². The minimum absolute atomic E-state index is 0.204. The Hall–Kier alpha value is -0.870. The van der Waals surface area contributed by atoms with Crippen LogP contribution in [0.5, 0.6) is 0 Å². The number of ether oxygens (including phenoxy) is 1. The van der Waals surface area contributed by atoms with Gasteiger partial charge in [-0.25, -0.2) is 0 Å². The van der Waals surface area contributed by atoms with Crippen molar-refractivity contribution in [2.75, 3.05) is 13.7 Å². The summed E-state index contributed by atoms with van der Waals surface area (Å²) in [6.45, 7) is 5.31. The SMILES string of the molecule is CCCNC(c1cnn(C)c1)C(CC)OC. The van der Waals surface area contributed by atoms with Crippen molar-refractivity contribution in [2.24, 2.45) is 7.05 Å². The van der Waals surface area contributed by atoms with Gasteiger partial charge < -0.3 is 10.1 Å². The van der Waals surface area contributed by atoms with Crippen molar-refractivity contribution in [3.05, 3.63) is 18.0 Å². The van der Waals surface area contributed by atoms with Crippen molar-refractivity contribution in [1.29, 1.82) is 0 Å². The molecule has 0 amide bonds. The third kappa shape index (κ3) is 3.32. The van der Waals surface area contributed by atoms with Gasteiger partial charge in [-0.2, -0.15) is 5.10 Å². The Labute approximate surface area is 98.0 Å². The highest BCUT2D eigenvalue weighted by Crippen LogP contribution is 2.20. The van der Waals surface area contributed by atoms with Crippen molar-refractivity contribution >= 4 is 0 Å². The Kier molecular flexibility index (Phi) is 5.49. The molecule has 92 valence electrons. The van der Waals surface area contributed by atoms with Crippen LogP contribution in [-0.2, 0) is 11.8 Å². The van der Waals surface area contributed by atoms with Gasteiger partial charge in [-0.05, 0) is 19.4 Å². The molecule has 0 fully saturated rings. The largest absolute Gasteiger partial charge is 0.379 e. The van der Waals surface area contributed by atoms with Crippen molar-refractivity contribution in [3.8, 4) is 0 Å². The Morgan fingerprint density at radius 2 is 2.25 bits per heavy atom. The molecule has 2 unspecified atom stereocenters. The summed E-state index contributed by atoms with van der Waals surface area (Å²) < 4.78 is 7.35. The normalized spacial score (nSPS) is 15.0. The van der Waals surface area contributed by atoms with Crippen molar-refractivity contribution in [3.63, 3.8) is 0 Å². The molecule has 4 nitrogen and oxygen atoms in total. The minimum atomic E-state index is 0.204. The zero-order valence-corrected chi connectivity index (χ0v) is 10.7. The minimum Gasteiger partial charge on any atom is -0.379 e. The lowest BCUT2D eigenvalue weighted by atomic mass is 10.0. The molecule has 0 saturated heterocycles. The molecule has 0 radical (unpaired) electrons. The highest BCUT2D eigenvalue weighted by atomic mass is 16.5. The number of nitrogens with one attached hydrogen (secondary N) is 1. The number of hydrogen-bond acceptors (Lipinski definition) is 3. The molecule has 0 spiro atoms. The molecular formula is C12H23N3O. The van der Waals surface area contributed by atoms with Gasteiger partial charge in [-0.3, -0.25) is 4.68 Å². The summed E-state index contributed by atoms with van der Waals surface area (Å²) in [5.74, 6) is 0. The first kappa shape index (κ1) is 13.2. The van der Waals surface area contributed by atoms with Crippen LogP contribution < -0.4 is 5.32 Å². The summed E-state index contributed by atoms with van der Waals surface area (Å²) in [5.41, 5.74) is 1.20. The van der Waals surface area contributed by atoms with Gasteiger partial charge in [0, 0.05) is 25.9 Å². The quantitative estimate of drug-likeness (QED) is 0.770. The molecule has 0 aliphatic rings. The molecule has 4 heteroatoms.